The number of hydrogen-bond acceptors (Lipinski definition) is 1. The lowest BCUT2D eigenvalue weighted by Crippen LogP contribution is -2.20. The van der Waals surface area contributed by atoms with Crippen molar-refractivity contribution in [2.24, 2.45) is 0 Å². The van der Waals surface area contributed by atoms with Crippen molar-refractivity contribution < 1.29 is 0 Å². The highest BCUT2D eigenvalue weighted by molar-refractivity contribution is 5.85. The molecule has 0 saturated carbocycles. The predicted octanol–water partition coefficient (Wildman–Crippen LogP) is 4.52. The summed E-state index contributed by atoms with van der Waals surface area (Å²) in [6, 6.07) is 25.7. The summed E-state index contributed by atoms with van der Waals surface area (Å²) in [7, 11) is 2.15. The number of anilines is 1. The molecule has 0 saturated heterocycles. The van der Waals surface area contributed by atoms with Gasteiger partial charge in [-0.25, -0.2) is 0 Å². The van der Waals surface area contributed by atoms with Gasteiger partial charge in [-0.15, -0.1) is 0 Å². The summed E-state index contributed by atoms with van der Waals surface area (Å²) in [4.78, 5) is 2.31. The van der Waals surface area contributed by atoms with E-state index in [4.69, 9.17) is 0 Å². The van der Waals surface area contributed by atoms with Crippen molar-refractivity contribution in [1.29, 1.82) is 0 Å². The Kier molecular flexibility index (Phi) is 3.69. The van der Waals surface area contributed by atoms with Gasteiger partial charge in [0, 0.05) is 19.3 Å². The van der Waals surface area contributed by atoms with E-state index in [-0.39, 0.29) is 0 Å². The molecule has 0 bridgehead atoms. The number of likely N-dealkylation sites (N-methyl/N-ethyl adjacent to an activating group) is 1. The first kappa shape index (κ1) is 12.7. The molecule has 20 heavy (non-hydrogen) atoms. The van der Waals surface area contributed by atoms with Crippen molar-refractivity contribution in [2.45, 2.75) is 6.42 Å². The summed E-state index contributed by atoms with van der Waals surface area (Å²) in [5.41, 5.74) is 2.69. The minimum atomic E-state index is 1.03. The van der Waals surface area contributed by atoms with Gasteiger partial charge in [-0.1, -0.05) is 60.7 Å². The zero-order valence-electron chi connectivity index (χ0n) is 11.8. The molecule has 0 aliphatic carbocycles. The molecule has 0 unspecified atom stereocenters. The highest BCUT2D eigenvalue weighted by Gasteiger charge is 2.03. The average Bonchev–Trinajstić information content (AvgIpc) is 2.53. The Balaban J connectivity index is 1.77. The van der Waals surface area contributed by atoms with Gasteiger partial charge in [0.15, 0.2) is 0 Å². The van der Waals surface area contributed by atoms with Crippen LogP contribution in [0.15, 0.2) is 72.8 Å². The fraction of sp³-hybridized carbons (Fsp3) is 0.158. The van der Waals surface area contributed by atoms with Gasteiger partial charge in [-0.05, 0) is 34.9 Å². The lowest BCUT2D eigenvalue weighted by molar-refractivity contribution is 0.881. The summed E-state index contributed by atoms with van der Waals surface area (Å²) < 4.78 is 0. The third-order valence-corrected chi connectivity index (χ3v) is 3.79. The minimum absolute atomic E-state index is 1.03. The zero-order valence-corrected chi connectivity index (χ0v) is 11.8. The number of rotatable bonds is 4. The molecule has 3 rings (SSSR count). The number of hydrogen-bond donors (Lipinski definition) is 0. The van der Waals surface area contributed by atoms with Crippen molar-refractivity contribution in [3.63, 3.8) is 0 Å². The van der Waals surface area contributed by atoms with Crippen LogP contribution in [0.4, 0.5) is 5.69 Å². The Bertz CT molecular complexity index is 683. The molecular formula is C19H19N. The predicted molar refractivity (Wildman–Crippen MR) is 87.4 cm³/mol. The van der Waals surface area contributed by atoms with Crippen LogP contribution in [0.1, 0.15) is 5.56 Å². The van der Waals surface area contributed by atoms with Crippen molar-refractivity contribution in [3.05, 3.63) is 78.4 Å². The molecule has 1 nitrogen and oxygen atoms in total. The van der Waals surface area contributed by atoms with E-state index in [1.807, 2.05) is 0 Å². The maximum absolute atomic E-state index is 2.31. The van der Waals surface area contributed by atoms with Gasteiger partial charge in [0.2, 0.25) is 0 Å². The molecule has 0 fully saturated rings. The van der Waals surface area contributed by atoms with E-state index in [1.54, 1.807) is 0 Å². The van der Waals surface area contributed by atoms with Crippen LogP contribution < -0.4 is 4.90 Å². The molecule has 0 aromatic heterocycles. The second kappa shape index (κ2) is 5.79. The van der Waals surface area contributed by atoms with Crippen LogP contribution >= 0.6 is 0 Å². The molecule has 100 valence electrons. The Labute approximate surface area is 120 Å². The van der Waals surface area contributed by atoms with Gasteiger partial charge in [-0.2, -0.15) is 0 Å². The maximum Gasteiger partial charge on any atom is 0.0363 e. The topological polar surface area (TPSA) is 3.24 Å². The first-order valence-corrected chi connectivity index (χ1v) is 7.07. The Morgan fingerprint density at radius 1 is 0.750 bits per heavy atom. The van der Waals surface area contributed by atoms with Crippen molar-refractivity contribution >= 4 is 16.5 Å². The molecule has 0 radical (unpaired) electrons. The maximum atomic E-state index is 2.31. The van der Waals surface area contributed by atoms with E-state index in [1.165, 1.54) is 22.0 Å². The average molecular weight is 261 g/mol. The zero-order chi connectivity index (χ0) is 13.8. The monoisotopic (exact) mass is 261 g/mol. The number of nitrogens with zero attached hydrogens (tertiary/aromatic N) is 1. The number of benzene rings is 3. The van der Waals surface area contributed by atoms with Gasteiger partial charge in [0.05, 0.1) is 0 Å². The third-order valence-electron chi connectivity index (χ3n) is 3.79. The molecule has 3 aromatic carbocycles. The third kappa shape index (κ3) is 2.67. The highest BCUT2D eigenvalue weighted by Crippen LogP contribution is 2.20. The van der Waals surface area contributed by atoms with Crippen LogP contribution in [0, 0.1) is 0 Å². The molecule has 0 aliphatic rings. The van der Waals surface area contributed by atoms with Crippen LogP contribution in [0.2, 0.25) is 0 Å². The standard InChI is InChI=1S/C19H19N/c1-20(18-11-3-2-4-12-18)15-14-17-10-7-9-16-8-5-6-13-19(16)17/h2-13H,14-15H2,1H3. The van der Waals surface area contributed by atoms with Crippen LogP contribution in [-0.2, 0) is 6.42 Å². The van der Waals surface area contributed by atoms with Crippen molar-refractivity contribution in [3.8, 4) is 0 Å². The molecule has 0 atom stereocenters. The van der Waals surface area contributed by atoms with E-state index >= 15 is 0 Å². The lowest BCUT2D eigenvalue weighted by atomic mass is 10.0. The Hall–Kier alpha value is -2.28. The molecule has 0 aliphatic heterocycles. The van der Waals surface area contributed by atoms with Gasteiger partial charge in [-0.3, -0.25) is 0 Å². The Morgan fingerprint density at radius 2 is 1.45 bits per heavy atom. The fourth-order valence-corrected chi connectivity index (χ4v) is 2.61. The van der Waals surface area contributed by atoms with E-state index in [0.29, 0.717) is 0 Å². The highest BCUT2D eigenvalue weighted by atomic mass is 15.1. The number of fused-ring (bicyclic) bond motifs is 1. The lowest BCUT2D eigenvalue weighted by Gasteiger charge is -2.19. The van der Waals surface area contributed by atoms with Gasteiger partial charge in [0.25, 0.3) is 0 Å². The van der Waals surface area contributed by atoms with E-state index in [9.17, 15) is 0 Å². The van der Waals surface area contributed by atoms with Gasteiger partial charge in [0.1, 0.15) is 0 Å². The molecule has 1 heteroatoms. The normalized spacial score (nSPS) is 10.7. The van der Waals surface area contributed by atoms with E-state index in [0.717, 1.165) is 13.0 Å². The second-order valence-electron chi connectivity index (χ2n) is 5.15. The number of para-hydroxylation sites is 1. The van der Waals surface area contributed by atoms with Crippen molar-refractivity contribution in [2.75, 3.05) is 18.5 Å². The molecular weight excluding hydrogens is 242 g/mol. The quantitative estimate of drug-likeness (QED) is 0.667. The van der Waals surface area contributed by atoms with E-state index < -0.39 is 0 Å². The summed E-state index contributed by atoms with van der Waals surface area (Å²) in [5.74, 6) is 0. The van der Waals surface area contributed by atoms with Crippen LogP contribution in [0.5, 0.6) is 0 Å². The first-order valence-electron chi connectivity index (χ1n) is 7.07. The van der Waals surface area contributed by atoms with Crippen LogP contribution in [0.25, 0.3) is 10.8 Å². The minimum Gasteiger partial charge on any atom is -0.374 e. The smallest absolute Gasteiger partial charge is 0.0363 e. The molecule has 0 N–H and O–H groups in total. The van der Waals surface area contributed by atoms with Gasteiger partial charge < -0.3 is 4.90 Å². The largest absolute Gasteiger partial charge is 0.374 e. The summed E-state index contributed by atoms with van der Waals surface area (Å²) in [6.07, 6.45) is 1.06. The second-order valence-corrected chi connectivity index (χ2v) is 5.15. The summed E-state index contributed by atoms with van der Waals surface area (Å²) >= 11 is 0. The molecule has 0 amide bonds. The Morgan fingerprint density at radius 3 is 2.30 bits per heavy atom. The van der Waals surface area contributed by atoms with E-state index in [2.05, 4.69) is 84.7 Å². The van der Waals surface area contributed by atoms with Crippen molar-refractivity contribution in [1.82, 2.24) is 0 Å². The summed E-state index contributed by atoms with van der Waals surface area (Å²) in [5, 5.41) is 2.70. The SMILES string of the molecule is CN(CCc1cccc2ccccc12)c1ccccc1. The molecule has 3 aromatic rings. The van der Waals surface area contributed by atoms with Gasteiger partial charge >= 0.3 is 0 Å². The first-order chi connectivity index (χ1) is 9.84. The summed E-state index contributed by atoms with van der Waals surface area (Å²) in [6.45, 7) is 1.03. The molecule has 0 heterocycles. The fourth-order valence-electron chi connectivity index (χ4n) is 2.61. The van der Waals surface area contributed by atoms with Crippen LogP contribution in [-0.4, -0.2) is 13.6 Å². The molecule has 0 spiro atoms. The van der Waals surface area contributed by atoms with Crippen LogP contribution in [0.3, 0.4) is 0 Å².